The molecule has 1 heterocycles. The molecular weight excluding hydrogens is 293 g/mol. The molecule has 1 fully saturated rings. The summed E-state index contributed by atoms with van der Waals surface area (Å²) in [6.45, 7) is 1.77. The zero-order chi connectivity index (χ0) is 16.2. The van der Waals surface area contributed by atoms with Crippen molar-refractivity contribution in [1.29, 1.82) is 0 Å². The number of methoxy groups -OCH3 is 1. The van der Waals surface area contributed by atoms with E-state index >= 15 is 0 Å². The Balaban J connectivity index is 1.96. The predicted molar refractivity (Wildman–Crippen MR) is 88.1 cm³/mol. The van der Waals surface area contributed by atoms with Crippen molar-refractivity contribution < 1.29 is 13.9 Å². The van der Waals surface area contributed by atoms with Crippen LogP contribution in [0.3, 0.4) is 0 Å². The van der Waals surface area contributed by atoms with Gasteiger partial charge in [-0.1, -0.05) is 36.4 Å². The Labute approximate surface area is 135 Å². The van der Waals surface area contributed by atoms with Crippen LogP contribution in [0.15, 0.2) is 48.5 Å². The van der Waals surface area contributed by atoms with E-state index in [0.29, 0.717) is 11.3 Å². The SMILES string of the molecule is COC(=O)[C@H](c1ccccc1)c1ccc(N2CCCC2)c(F)c1. The Hall–Kier alpha value is -2.36. The summed E-state index contributed by atoms with van der Waals surface area (Å²) < 4.78 is 19.5. The highest BCUT2D eigenvalue weighted by Gasteiger charge is 2.25. The van der Waals surface area contributed by atoms with E-state index in [-0.39, 0.29) is 11.8 Å². The van der Waals surface area contributed by atoms with E-state index in [1.807, 2.05) is 36.4 Å². The van der Waals surface area contributed by atoms with Crippen molar-refractivity contribution in [3.63, 3.8) is 0 Å². The van der Waals surface area contributed by atoms with Crippen LogP contribution in [0.25, 0.3) is 0 Å². The summed E-state index contributed by atoms with van der Waals surface area (Å²) in [5, 5.41) is 0. The van der Waals surface area contributed by atoms with Gasteiger partial charge in [0.15, 0.2) is 0 Å². The number of nitrogens with zero attached hydrogens (tertiary/aromatic N) is 1. The first-order chi connectivity index (χ1) is 11.2. The van der Waals surface area contributed by atoms with Crippen LogP contribution in [0.1, 0.15) is 29.9 Å². The Morgan fingerprint density at radius 1 is 1.09 bits per heavy atom. The van der Waals surface area contributed by atoms with E-state index in [1.165, 1.54) is 13.2 Å². The maximum absolute atomic E-state index is 14.6. The molecule has 2 aromatic rings. The molecule has 120 valence electrons. The Morgan fingerprint density at radius 3 is 2.39 bits per heavy atom. The fourth-order valence-electron chi connectivity index (χ4n) is 3.15. The van der Waals surface area contributed by atoms with Gasteiger partial charge in [0.1, 0.15) is 11.7 Å². The maximum Gasteiger partial charge on any atom is 0.317 e. The molecule has 1 saturated heterocycles. The molecule has 3 nitrogen and oxygen atoms in total. The highest BCUT2D eigenvalue weighted by molar-refractivity contribution is 5.82. The van der Waals surface area contributed by atoms with Gasteiger partial charge in [-0.3, -0.25) is 4.79 Å². The first-order valence-electron chi connectivity index (χ1n) is 7.88. The van der Waals surface area contributed by atoms with E-state index in [1.54, 1.807) is 6.07 Å². The van der Waals surface area contributed by atoms with Gasteiger partial charge in [-0.05, 0) is 36.1 Å². The number of hydrogen-bond acceptors (Lipinski definition) is 3. The summed E-state index contributed by atoms with van der Waals surface area (Å²) in [4.78, 5) is 14.3. The van der Waals surface area contributed by atoms with E-state index in [9.17, 15) is 9.18 Å². The highest BCUT2D eigenvalue weighted by Crippen LogP contribution is 2.31. The Bertz CT molecular complexity index is 681. The van der Waals surface area contributed by atoms with Gasteiger partial charge in [-0.25, -0.2) is 4.39 Å². The standard InChI is InChI=1S/C19H20FNO2/c1-23-19(22)18(14-7-3-2-4-8-14)15-9-10-17(16(20)13-15)21-11-5-6-12-21/h2-4,7-10,13,18H,5-6,11-12H2,1H3/t18-/m1/s1. The number of anilines is 1. The fraction of sp³-hybridized carbons (Fsp3) is 0.316. The van der Waals surface area contributed by atoms with E-state index < -0.39 is 5.92 Å². The van der Waals surface area contributed by atoms with Crippen molar-refractivity contribution >= 4 is 11.7 Å². The molecule has 0 N–H and O–H groups in total. The topological polar surface area (TPSA) is 29.5 Å². The highest BCUT2D eigenvalue weighted by atomic mass is 19.1. The number of carbonyl (C=O) groups excluding carboxylic acids is 1. The average molecular weight is 313 g/mol. The number of rotatable bonds is 4. The lowest BCUT2D eigenvalue weighted by Gasteiger charge is -2.21. The summed E-state index contributed by atoms with van der Waals surface area (Å²) in [7, 11) is 1.35. The van der Waals surface area contributed by atoms with E-state index in [4.69, 9.17) is 4.74 Å². The molecule has 1 atom stereocenters. The average Bonchev–Trinajstić information content (AvgIpc) is 3.10. The lowest BCUT2D eigenvalue weighted by Crippen LogP contribution is -2.20. The second kappa shape index (κ2) is 6.82. The van der Waals surface area contributed by atoms with E-state index in [2.05, 4.69) is 4.90 Å². The smallest absolute Gasteiger partial charge is 0.317 e. The van der Waals surface area contributed by atoms with Crippen LogP contribution in [-0.4, -0.2) is 26.2 Å². The van der Waals surface area contributed by atoms with Crippen LogP contribution in [0.5, 0.6) is 0 Å². The minimum absolute atomic E-state index is 0.283. The number of hydrogen-bond donors (Lipinski definition) is 0. The summed E-state index contributed by atoms with van der Waals surface area (Å²) in [6.07, 6.45) is 2.19. The van der Waals surface area contributed by atoms with Crippen LogP contribution < -0.4 is 4.90 Å². The third-order valence-electron chi connectivity index (χ3n) is 4.32. The van der Waals surface area contributed by atoms with Gasteiger partial charge < -0.3 is 9.64 Å². The van der Waals surface area contributed by atoms with E-state index in [0.717, 1.165) is 31.5 Å². The van der Waals surface area contributed by atoms with Crippen LogP contribution >= 0.6 is 0 Å². The number of halogens is 1. The molecule has 0 aromatic heterocycles. The molecule has 0 unspecified atom stereocenters. The zero-order valence-corrected chi connectivity index (χ0v) is 13.2. The molecule has 2 aromatic carbocycles. The monoisotopic (exact) mass is 313 g/mol. The molecule has 0 aliphatic carbocycles. The number of carbonyl (C=O) groups is 1. The summed E-state index contributed by atoms with van der Waals surface area (Å²) in [5.41, 5.74) is 2.03. The molecule has 1 aliphatic rings. The molecular formula is C19H20FNO2. The second-order valence-corrected chi connectivity index (χ2v) is 5.77. The molecule has 23 heavy (non-hydrogen) atoms. The first kappa shape index (κ1) is 15.5. The normalized spacial score (nSPS) is 15.5. The minimum Gasteiger partial charge on any atom is -0.468 e. The van der Waals surface area contributed by atoms with Crippen LogP contribution in [0.4, 0.5) is 10.1 Å². The van der Waals surface area contributed by atoms with Crippen molar-refractivity contribution in [2.75, 3.05) is 25.1 Å². The molecule has 0 radical (unpaired) electrons. The summed E-state index contributed by atoms with van der Waals surface area (Å²) >= 11 is 0. The van der Waals surface area contributed by atoms with Gasteiger partial charge in [0.05, 0.1) is 12.8 Å². The minimum atomic E-state index is -0.608. The van der Waals surface area contributed by atoms with Crippen molar-refractivity contribution in [1.82, 2.24) is 0 Å². The van der Waals surface area contributed by atoms with Crippen molar-refractivity contribution in [3.8, 4) is 0 Å². The first-order valence-corrected chi connectivity index (χ1v) is 7.88. The lowest BCUT2D eigenvalue weighted by atomic mass is 9.91. The molecule has 0 spiro atoms. The van der Waals surface area contributed by atoms with Crippen LogP contribution in [0, 0.1) is 5.82 Å². The quantitative estimate of drug-likeness (QED) is 0.806. The van der Waals surface area contributed by atoms with Gasteiger partial charge in [0.25, 0.3) is 0 Å². The van der Waals surface area contributed by atoms with Gasteiger partial charge in [-0.2, -0.15) is 0 Å². The van der Waals surface area contributed by atoms with Gasteiger partial charge in [0, 0.05) is 13.1 Å². The molecule has 0 amide bonds. The van der Waals surface area contributed by atoms with Gasteiger partial charge >= 0.3 is 5.97 Å². The van der Waals surface area contributed by atoms with Crippen molar-refractivity contribution in [2.24, 2.45) is 0 Å². The summed E-state index contributed by atoms with van der Waals surface area (Å²) in [5.74, 6) is -1.28. The second-order valence-electron chi connectivity index (χ2n) is 5.77. The zero-order valence-electron chi connectivity index (χ0n) is 13.2. The largest absolute Gasteiger partial charge is 0.468 e. The molecule has 0 saturated carbocycles. The van der Waals surface area contributed by atoms with Gasteiger partial charge in [0.2, 0.25) is 0 Å². The fourth-order valence-corrected chi connectivity index (χ4v) is 3.15. The summed E-state index contributed by atoms with van der Waals surface area (Å²) in [6, 6.07) is 14.4. The number of ether oxygens (including phenoxy) is 1. The molecule has 4 heteroatoms. The molecule has 1 aliphatic heterocycles. The van der Waals surface area contributed by atoms with Crippen molar-refractivity contribution in [2.45, 2.75) is 18.8 Å². The van der Waals surface area contributed by atoms with Crippen molar-refractivity contribution in [3.05, 3.63) is 65.5 Å². The van der Waals surface area contributed by atoms with Crippen LogP contribution in [-0.2, 0) is 9.53 Å². The van der Waals surface area contributed by atoms with Gasteiger partial charge in [-0.15, -0.1) is 0 Å². The molecule has 3 rings (SSSR count). The third kappa shape index (κ3) is 3.21. The predicted octanol–water partition coefficient (Wildman–Crippen LogP) is 3.73. The Kier molecular flexibility index (Phi) is 4.60. The lowest BCUT2D eigenvalue weighted by molar-refractivity contribution is -0.141. The number of esters is 1. The van der Waals surface area contributed by atoms with Crippen LogP contribution in [0.2, 0.25) is 0 Å². The Morgan fingerprint density at radius 2 is 1.78 bits per heavy atom. The molecule has 0 bridgehead atoms. The third-order valence-corrected chi connectivity index (χ3v) is 4.32. The number of benzene rings is 2. The maximum atomic E-state index is 14.6.